The van der Waals surface area contributed by atoms with Crippen LogP contribution in [0.15, 0.2) is 35.3 Å². The molecule has 8 nitrogen and oxygen atoms in total. The molecule has 2 N–H and O–H groups in total. The van der Waals surface area contributed by atoms with Gasteiger partial charge in [-0.15, -0.1) is 0 Å². The van der Waals surface area contributed by atoms with Crippen molar-refractivity contribution in [2.45, 2.75) is 31.8 Å². The average molecular weight is 488 g/mol. The summed E-state index contributed by atoms with van der Waals surface area (Å²) in [4.78, 5) is 28.3. The Hall–Kier alpha value is -2.81. The molecule has 2 aliphatic rings. The number of hydrogen-bond donors (Lipinski definition) is 2. The van der Waals surface area contributed by atoms with Crippen LogP contribution in [0.1, 0.15) is 40.7 Å². The summed E-state index contributed by atoms with van der Waals surface area (Å²) < 4.78 is 2.68. The number of amides is 1. The number of nitrogens with zero attached hydrogens (tertiary/aromatic N) is 4. The van der Waals surface area contributed by atoms with Crippen LogP contribution in [0, 0.1) is 0 Å². The van der Waals surface area contributed by atoms with Crippen LogP contribution in [0.2, 0.25) is 10.0 Å². The Morgan fingerprint density at radius 1 is 1.27 bits per heavy atom. The van der Waals surface area contributed by atoms with E-state index in [1.54, 1.807) is 24.4 Å². The van der Waals surface area contributed by atoms with E-state index in [-0.39, 0.29) is 18.2 Å². The average Bonchev–Trinajstić information content (AvgIpc) is 3.48. The van der Waals surface area contributed by atoms with Crippen molar-refractivity contribution in [3.8, 4) is 5.88 Å². The van der Waals surface area contributed by atoms with E-state index in [0.29, 0.717) is 21.3 Å². The smallest absolute Gasteiger partial charge is 0.291 e. The molecule has 1 saturated carbocycles. The third-order valence-electron chi connectivity index (χ3n) is 6.16. The van der Waals surface area contributed by atoms with Gasteiger partial charge in [0.2, 0.25) is 5.88 Å². The molecule has 10 heteroatoms. The van der Waals surface area contributed by atoms with E-state index in [1.807, 2.05) is 7.05 Å². The third kappa shape index (κ3) is 4.03. The van der Waals surface area contributed by atoms with E-state index in [0.717, 1.165) is 43.5 Å². The number of carbonyl (C=O) groups is 1. The monoisotopic (exact) mass is 487 g/mol. The zero-order valence-corrected chi connectivity index (χ0v) is 19.5. The van der Waals surface area contributed by atoms with Gasteiger partial charge in [0.05, 0.1) is 12.7 Å². The van der Waals surface area contributed by atoms with Crippen LogP contribution in [-0.2, 0) is 6.54 Å². The van der Waals surface area contributed by atoms with Crippen LogP contribution in [-0.4, -0.2) is 56.3 Å². The Morgan fingerprint density at radius 2 is 2.00 bits per heavy atom. The summed E-state index contributed by atoms with van der Waals surface area (Å²) in [6.07, 6.45) is 6.17. The van der Waals surface area contributed by atoms with Crippen molar-refractivity contribution < 1.29 is 9.90 Å². The van der Waals surface area contributed by atoms with Gasteiger partial charge in [0.1, 0.15) is 0 Å². The molecule has 0 unspecified atom stereocenters. The molecule has 3 heterocycles. The molecule has 0 radical (unpaired) electrons. The largest absolute Gasteiger partial charge is 0.494 e. The Balaban J connectivity index is 1.74. The second kappa shape index (κ2) is 8.52. The zero-order chi connectivity index (χ0) is 23.3. The molecular formula is C23H23Cl2N5O3. The number of likely N-dealkylation sites (N-methyl/N-ethyl adjacent to an activating group) is 1. The fourth-order valence-electron chi connectivity index (χ4n) is 4.10. The molecule has 3 aromatic rings. The van der Waals surface area contributed by atoms with Crippen LogP contribution in [0.3, 0.4) is 0 Å². The maximum Gasteiger partial charge on any atom is 0.291 e. The van der Waals surface area contributed by atoms with Gasteiger partial charge in [-0.1, -0.05) is 35.3 Å². The molecule has 2 aromatic heterocycles. The van der Waals surface area contributed by atoms with Gasteiger partial charge in [0, 0.05) is 40.3 Å². The van der Waals surface area contributed by atoms with E-state index >= 15 is 0 Å². The van der Waals surface area contributed by atoms with Crippen molar-refractivity contribution >= 4 is 40.3 Å². The molecule has 1 aliphatic carbocycles. The lowest BCUT2D eigenvalue weighted by Crippen LogP contribution is -2.34. The van der Waals surface area contributed by atoms with E-state index in [9.17, 15) is 14.7 Å². The van der Waals surface area contributed by atoms with E-state index in [2.05, 4.69) is 21.4 Å². The molecule has 172 valence electrons. The maximum absolute atomic E-state index is 13.3. The number of aromatic nitrogens is 3. The van der Waals surface area contributed by atoms with Gasteiger partial charge >= 0.3 is 0 Å². The predicted octanol–water partition coefficient (Wildman–Crippen LogP) is 3.17. The first-order valence-corrected chi connectivity index (χ1v) is 11.6. The Morgan fingerprint density at radius 3 is 2.64 bits per heavy atom. The summed E-state index contributed by atoms with van der Waals surface area (Å²) >= 11 is 12.8. The summed E-state index contributed by atoms with van der Waals surface area (Å²) in [5, 5.41) is 19.2. The lowest BCUT2D eigenvalue weighted by Gasteiger charge is -2.22. The van der Waals surface area contributed by atoms with Crippen LogP contribution in [0.25, 0.3) is 11.2 Å². The Bertz CT molecular complexity index is 1340. The molecule has 0 saturated heterocycles. The summed E-state index contributed by atoms with van der Waals surface area (Å²) in [5.41, 5.74) is 1.71. The highest BCUT2D eigenvalue weighted by Gasteiger charge is 2.30. The first kappa shape index (κ1) is 22.0. The van der Waals surface area contributed by atoms with Gasteiger partial charge in [-0.05, 0) is 44.0 Å². The first-order chi connectivity index (χ1) is 15.8. The van der Waals surface area contributed by atoms with E-state index in [1.165, 1.54) is 9.08 Å². The number of rotatable bonds is 5. The highest BCUT2D eigenvalue weighted by atomic mass is 35.5. The second-order valence-electron chi connectivity index (χ2n) is 8.57. The maximum atomic E-state index is 13.3. The number of nitrogens with one attached hydrogen (secondary N) is 1. The van der Waals surface area contributed by atoms with E-state index in [4.69, 9.17) is 23.2 Å². The molecule has 0 spiro atoms. The molecule has 1 aliphatic heterocycles. The summed E-state index contributed by atoms with van der Waals surface area (Å²) in [6.45, 7) is 1.68. The highest BCUT2D eigenvalue weighted by molar-refractivity contribution is 6.36. The van der Waals surface area contributed by atoms with Crippen molar-refractivity contribution in [3.05, 3.63) is 67.6 Å². The quantitative estimate of drug-likeness (QED) is 0.576. The fraction of sp³-hybridized carbons (Fsp3) is 0.348. The van der Waals surface area contributed by atoms with Crippen molar-refractivity contribution in [3.63, 3.8) is 0 Å². The lowest BCUT2D eigenvalue weighted by molar-refractivity contribution is 0.0945. The Labute approximate surface area is 200 Å². The summed E-state index contributed by atoms with van der Waals surface area (Å²) in [6, 6.07) is 5.17. The van der Waals surface area contributed by atoms with Crippen molar-refractivity contribution in [2.24, 2.45) is 0 Å². The third-order valence-corrected chi connectivity index (χ3v) is 6.87. The molecular weight excluding hydrogens is 465 g/mol. The van der Waals surface area contributed by atoms with Gasteiger partial charge in [-0.2, -0.15) is 9.61 Å². The number of halogens is 2. The number of hydrogen-bond acceptors (Lipinski definition) is 5. The van der Waals surface area contributed by atoms with Crippen molar-refractivity contribution in [1.29, 1.82) is 0 Å². The normalized spacial score (nSPS) is 16.8. The molecule has 1 amide bonds. The van der Waals surface area contributed by atoms with Gasteiger partial charge in [-0.3, -0.25) is 14.2 Å². The van der Waals surface area contributed by atoms with Gasteiger partial charge in [0.25, 0.3) is 11.5 Å². The van der Waals surface area contributed by atoms with Crippen LogP contribution in [0.5, 0.6) is 5.88 Å². The first-order valence-electron chi connectivity index (χ1n) is 10.8. The predicted molar refractivity (Wildman–Crippen MR) is 127 cm³/mol. The van der Waals surface area contributed by atoms with E-state index < -0.39 is 17.3 Å². The van der Waals surface area contributed by atoms with Crippen LogP contribution in [0.4, 0.5) is 0 Å². The number of fused-ring (bicyclic) bond motifs is 1. The topological polar surface area (TPSA) is 91.9 Å². The van der Waals surface area contributed by atoms with Crippen LogP contribution < -0.4 is 10.9 Å². The second-order valence-corrected chi connectivity index (χ2v) is 9.39. The summed E-state index contributed by atoms with van der Waals surface area (Å²) in [5.74, 6) is -1.05. The molecule has 5 rings (SSSR count). The van der Waals surface area contributed by atoms with Crippen LogP contribution >= 0.6 is 23.2 Å². The lowest BCUT2D eigenvalue weighted by atomic mass is 10.0. The van der Waals surface area contributed by atoms with Gasteiger partial charge in [0.15, 0.2) is 11.2 Å². The SMILES string of the molecule is CN1CC=C(c2cnn3c(=O)c(C(=O)NC4CC4)c(O)n(Cc4c(Cl)cccc4Cl)c23)CC1. The Kier molecular flexibility index (Phi) is 5.68. The number of carbonyl (C=O) groups excluding carboxylic acids is 1. The molecule has 0 atom stereocenters. The highest BCUT2D eigenvalue weighted by Crippen LogP contribution is 2.32. The van der Waals surface area contributed by atoms with Gasteiger partial charge < -0.3 is 15.3 Å². The number of benzene rings is 1. The fourth-order valence-corrected chi connectivity index (χ4v) is 4.62. The van der Waals surface area contributed by atoms with Crippen molar-refractivity contribution in [1.82, 2.24) is 24.4 Å². The minimum absolute atomic E-state index is 0.0241. The number of aromatic hydroxyl groups is 1. The van der Waals surface area contributed by atoms with Crippen molar-refractivity contribution in [2.75, 3.05) is 20.1 Å². The van der Waals surface area contributed by atoms with Gasteiger partial charge in [-0.25, -0.2) is 0 Å². The minimum Gasteiger partial charge on any atom is -0.494 e. The zero-order valence-electron chi connectivity index (χ0n) is 18.0. The molecule has 1 fully saturated rings. The molecule has 1 aromatic carbocycles. The molecule has 0 bridgehead atoms. The standard InChI is InChI=1S/C23H23Cl2N5O3/c1-28-9-7-13(8-10-28)15-11-26-30-21(15)29(12-16-17(24)3-2-4-18(16)25)22(32)19(23(30)33)20(31)27-14-5-6-14/h2-4,7,11,14,32H,5-6,8-10,12H2,1H3,(H,27,31). The summed E-state index contributed by atoms with van der Waals surface area (Å²) in [7, 11) is 2.04. The minimum atomic E-state index is -0.665. The molecule has 33 heavy (non-hydrogen) atoms.